The van der Waals surface area contributed by atoms with Crippen LogP contribution in [0.1, 0.15) is 56.9 Å². The molecule has 0 N–H and O–H groups in total. The Morgan fingerprint density at radius 1 is 1.08 bits per heavy atom. The van der Waals surface area contributed by atoms with Crippen molar-refractivity contribution in [2.45, 2.75) is 40.2 Å². The fraction of sp³-hybridized carbons (Fsp3) is 0.348. The Kier molecular flexibility index (Phi) is 4.10. The molecule has 3 rings (SSSR count). The van der Waals surface area contributed by atoms with Gasteiger partial charge in [-0.2, -0.15) is 0 Å². The first kappa shape index (κ1) is 17.5. The van der Waals surface area contributed by atoms with Crippen molar-refractivity contribution in [1.29, 1.82) is 0 Å². The van der Waals surface area contributed by atoms with Gasteiger partial charge in [0.1, 0.15) is 6.10 Å². The first-order chi connectivity index (χ1) is 11.7. The molecule has 0 aliphatic heterocycles. The number of carbonyl (C=O) groups excluding carboxylic acids is 1. The number of fused-ring (bicyclic) bond motifs is 1. The molecule has 25 heavy (non-hydrogen) atoms. The predicted molar refractivity (Wildman–Crippen MR) is 105 cm³/mol. The predicted octanol–water partition coefficient (Wildman–Crippen LogP) is 6.17. The molecule has 1 aliphatic rings. The number of esters is 1. The van der Waals surface area contributed by atoms with Crippen molar-refractivity contribution in [3.8, 4) is 0 Å². The van der Waals surface area contributed by atoms with E-state index in [1.807, 2.05) is 32.1 Å². The first-order valence-electron chi connectivity index (χ1n) is 8.75. The molecule has 0 saturated heterocycles. The van der Waals surface area contributed by atoms with E-state index in [4.69, 9.17) is 4.74 Å². The van der Waals surface area contributed by atoms with E-state index >= 15 is 0 Å². The molecule has 2 atom stereocenters. The topological polar surface area (TPSA) is 26.3 Å². The van der Waals surface area contributed by atoms with E-state index in [2.05, 4.69) is 51.3 Å². The van der Waals surface area contributed by atoms with Crippen LogP contribution in [0.5, 0.6) is 0 Å². The van der Waals surface area contributed by atoms with Gasteiger partial charge in [0, 0.05) is 0 Å². The molecule has 0 amide bonds. The highest BCUT2D eigenvalue weighted by molar-refractivity contribution is 5.89. The third-order valence-electron chi connectivity index (χ3n) is 5.87. The Balaban J connectivity index is 1.87. The third kappa shape index (κ3) is 2.90. The molecule has 2 nitrogen and oxygen atoms in total. The van der Waals surface area contributed by atoms with Crippen LogP contribution in [0.15, 0.2) is 43.5 Å². The average molecular weight is 334 g/mol. The molecule has 2 unspecified atom stereocenters. The number of hydrogen-bond donors (Lipinski definition) is 0. The van der Waals surface area contributed by atoms with Crippen molar-refractivity contribution >= 4 is 28.9 Å². The van der Waals surface area contributed by atoms with Crippen LogP contribution in [0.3, 0.4) is 0 Å². The second-order valence-electron chi connectivity index (χ2n) is 7.94. The van der Waals surface area contributed by atoms with Crippen LogP contribution in [-0.4, -0.2) is 5.97 Å². The van der Waals surface area contributed by atoms with Crippen LogP contribution in [0.25, 0.3) is 22.9 Å². The third-order valence-corrected chi connectivity index (χ3v) is 5.87. The minimum absolute atomic E-state index is 0.0349. The van der Waals surface area contributed by atoms with Crippen molar-refractivity contribution in [1.82, 2.24) is 0 Å². The summed E-state index contributed by atoms with van der Waals surface area (Å²) in [6.45, 7) is 15.9. The molecule has 1 fully saturated rings. The van der Waals surface area contributed by atoms with Gasteiger partial charge in [-0.3, -0.25) is 4.79 Å². The highest BCUT2D eigenvalue weighted by Crippen LogP contribution is 2.64. The SMILES string of the molecule is C=Cc1cc2ccc(C(C)OC(=O)C3(C)CC3(C)C)cc2cc1C=C. The summed E-state index contributed by atoms with van der Waals surface area (Å²) >= 11 is 0. The zero-order valence-electron chi connectivity index (χ0n) is 15.6. The molecule has 0 aromatic heterocycles. The van der Waals surface area contributed by atoms with Crippen LogP contribution in [0, 0.1) is 10.8 Å². The van der Waals surface area contributed by atoms with Crippen LogP contribution in [0.4, 0.5) is 0 Å². The lowest BCUT2D eigenvalue weighted by molar-refractivity contribution is -0.156. The van der Waals surface area contributed by atoms with Gasteiger partial charge in [-0.1, -0.05) is 51.3 Å². The number of carbonyl (C=O) groups is 1. The summed E-state index contributed by atoms with van der Waals surface area (Å²) in [6, 6.07) is 10.4. The van der Waals surface area contributed by atoms with Gasteiger partial charge in [0.15, 0.2) is 0 Å². The maximum absolute atomic E-state index is 12.5. The maximum atomic E-state index is 12.5. The quantitative estimate of drug-likeness (QED) is 0.611. The minimum atomic E-state index is -0.354. The largest absolute Gasteiger partial charge is 0.457 e. The first-order valence-corrected chi connectivity index (χ1v) is 8.75. The van der Waals surface area contributed by atoms with Crippen molar-refractivity contribution < 1.29 is 9.53 Å². The van der Waals surface area contributed by atoms with Gasteiger partial charge in [0.25, 0.3) is 0 Å². The van der Waals surface area contributed by atoms with Crippen LogP contribution >= 0.6 is 0 Å². The second kappa shape index (κ2) is 5.87. The van der Waals surface area contributed by atoms with Crippen molar-refractivity contribution in [2.24, 2.45) is 10.8 Å². The lowest BCUT2D eigenvalue weighted by Crippen LogP contribution is -2.22. The molecule has 2 aromatic carbocycles. The molecule has 1 saturated carbocycles. The zero-order chi connectivity index (χ0) is 18.4. The summed E-state index contributed by atoms with van der Waals surface area (Å²) in [5, 5.41) is 2.25. The second-order valence-corrected chi connectivity index (χ2v) is 7.94. The summed E-state index contributed by atoms with van der Waals surface area (Å²) in [4.78, 5) is 12.5. The van der Waals surface area contributed by atoms with Crippen LogP contribution < -0.4 is 0 Å². The zero-order valence-corrected chi connectivity index (χ0v) is 15.6. The Bertz CT molecular complexity index is 875. The van der Waals surface area contributed by atoms with Crippen molar-refractivity contribution in [2.75, 3.05) is 0 Å². The van der Waals surface area contributed by atoms with Gasteiger partial charge in [-0.05, 0) is 71.3 Å². The fourth-order valence-corrected chi connectivity index (χ4v) is 3.50. The highest BCUT2D eigenvalue weighted by Gasteiger charge is 2.64. The number of hydrogen-bond acceptors (Lipinski definition) is 2. The van der Waals surface area contributed by atoms with E-state index < -0.39 is 0 Å². The Morgan fingerprint density at radius 2 is 1.64 bits per heavy atom. The molecule has 0 radical (unpaired) electrons. The molecule has 0 spiro atoms. The Labute approximate surface area is 150 Å². The summed E-state index contributed by atoms with van der Waals surface area (Å²) in [6.07, 6.45) is 4.29. The van der Waals surface area contributed by atoms with Gasteiger partial charge in [0.05, 0.1) is 5.41 Å². The normalized spacial score (nSPS) is 22.2. The average Bonchev–Trinajstić information content (AvgIpc) is 3.12. The van der Waals surface area contributed by atoms with E-state index in [0.717, 1.165) is 33.9 Å². The van der Waals surface area contributed by atoms with Gasteiger partial charge in [-0.15, -0.1) is 0 Å². The van der Waals surface area contributed by atoms with Gasteiger partial charge < -0.3 is 4.74 Å². The molecule has 1 aliphatic carbocycles. The number of ether oxygens (including phenoxy) is 1. The van der Waals surface area contributed by atoms with E-state index in [9.17, 15) is 4.79 Å². The van der Waals surface area contributed by atoms with E-state index in [-0.39, 0.29) is 22.9 Å². The minimum Gasteiger partial charge on any atom is -0.457 e. The molecule has 0 bridgehead atoms. The molecular weight excluding hydrogens is 308 g/mol. The van der Waals surface area contributed by atoms with E-state index in [1.54, 1.807) is 0 Å². The maximum Gasteiger partial charge on any atom is 0.312 e. The fourth-order valence-electron chi connectivity index (χ4n) is 3.50. The highest BCUT2D eigenvalue weighted by atomic mass is 16.5. The molecule has 2 heteroatoms. The Morgan fingerprint density at radius 3 is 2.16 bits per heavy atom. The van der Waals surface area contributed by atoms with Gasteiger partial charge in [0.2, 0.25) is 0 Å². The molecule has 2 aromatic rings. The van der Waals surface area contributed by atoms with Gasteiger partial charge in [-0.25, -0.2) is 0 Å². The summed E-state index contributed by atoms with van der Waals surface area (Å²) < 4.78 is 5.77. The number of benzene rings is 2. The van der Waals surface area contributed by atoms with E-state index in [1.165, 1.54) is 0 Å². The standard InChI is InChI=1S/C23H26O2/c1-7-16-11-19-10-9-18(13-20(19)12-17(16)8-2)15(3)25-21(24)23(6)14-22(23,4)5/h7-13,15H,1-2,14H2,3-6H3. The monoisotopic (exact) mass is 334 g/mol. The smallest absolute Gasteiger partial charge is 0.312 e. The van der Waals surface area contributed by atoms with Crippen LogP contribution in [0.2, 0.25) is 0 Å². The van der Waals surface area contributed by atoms with Crippen LogP contribution in [-0.2, 0) is 9.53 Å². The van der Waals surface area contributed by atoms with Gasteiger partial charge >= 0.3 is 5.97 Å². The lowest BCUT2D eigenvalue weighted by Gasteiger charge is -2.19. The van der Waals surface area contributed by atoms with Crippen molar-refractivity contribution in [3.63, 3.8) is 0 Å². The summed E-state index contributed by atoms with van der Waals surface area (Å²) in [7, 11) is 0. The van der Waals surface area contributed by atoms with Crippen molar-refractivity contribution in [3.05, 3.63) is 60.2 Å². The van der Waals surface area contributed by atoms with E-state index in [0.29, 0.717) is 0 Å². The molecule has 0 heterocycles. The Hall–Kier alpha value is -2.35. The summed E-state index contributed by atoms with van der Waals surface area (Å²) in [5.41, 5.74) is 2.81. The summed E-state index contributed by atoms with van der Waals surface area (Å²) in [5.74, 6) is -0.0983. The number of rotatable bonds is 5. The molecule has 130 valence electrons. The molecular formula is C23H26O2. The lowest BCUT2D eigenvalue weighted by atomic mass is 9.97.